The van der Waals surface area contributed by atoms with Crippen LogP contribution in [0.15, 0.2) is 11.4 Å². The molecular weight excluding hydrogens is 290 g/mol. The fraction of sp³-hybridized carbons (Fsp3) is 0.727. The lowest BCUT2D eigenvalue weighted by molar-refractivity contribution is 0.251. The van der Waals surface area contributed by atoms with E-state index < -0.39 is 10.0 Å². The summed E-state index contributed by atoms with van der Waals surface area (Å²) in [6, 6.07) is 0. The van der Waals surface area contributed by atoms with E-state index in [1.54, 1.807) is 7.05 Å². The highest BCUT2D eigenvalue weighted by atomic mass is 35.5. The van der Waals surface area contributed by atoms with Crippen molar-refractivity contribution < 1.29 is 13.5 Å². The van der Waals surface area contributed by atoms with E-state index in [-0.39, 0.29) is 23.3 Å². The number of aliphatic hydroxyl groups excluding tert-OH is 1. The van der Waals surface area contributed by atoms with E-state index in [9.17, 15) is 8.42 Å². The molecule has 0 atom stereocenters. The summed E-state index contributed by atoms with van der Waals surface area (Å²) >= 11 is 5.93. The van der Waals surface area contributed by atoms with E-state index in [0.717, 1.165) is 19.3 Å². The van der Waals surface area contributed by atoms with Gasteiger partial charge in [0.05, 0.1) is 12.9 Å². The van der Waals surface area contributed by atoms with Gasteiger partial charge in [-0.2, -0.15) is 4.31 Å². The molecule has 1 aromatic heterocycles. The molecule has 6 nitrogen and oxygen atoms in total. The summed E-state index contributed by atoms with van der Waals surface area (Å²) in [5, 5.41) is 8.94. The number of sulfonamides is 1. The number of aliphatic hydroxyl groups is 1. The van der Waals surface area contributed by atoms with Gasteiger partial charge in [0.1, 0.15) is 5.15 Å². The molecule has 0 bridgehead atoms. The van der Waals surface area contributed by atoms with Crippen LogP contribution in [-0.4, -0.2) is 47.1 Å². The van der Waals surface area contributed by atoms with E-state index in [1.807, 2.05) is 6.92 Å². The number of rotatable bonds is 8. The van der Waals surface area contributed by atoms with Gasteiger partial charge in [-0.25, -0.2) is 13.4 Å². The maximum atomic E-state index is 12.4. The second-order valence-electron chi connectivity index (χ2n) is 4.29. The summed E-state index contributed by atoms with van der Waals surface area (Å²) in [6.07, 6.45) is 4.04. The van der Waals surface area contributed by atoms with E-state index in [1.165, 1.54) is 15.2 Å². The number of hydrogen-bond acceptors (Lipinski definition) is 4. The highest BCUT2D eigenvalue weighted by Gasteiger charge is 2.29. The molecule has 19 heavy (non-hydrogen) atoms. The SMILES string of the molecule is CCCCCN(CCO)S(=O)(=O)c1ncn(C)c1Cl. The number of halogens is 1. The molecule has 0 fully saturated rings. The Morgan fingerprint density at radius 1 is 1.42 bits per heavy atom. The molecule has 1 aromatic rings. The van der Waals surface area contributed by atoms with E-state index in [0.29, 0.717) is 6.54 Å². The summed E-state index contributed by atoms with van der Waals surface area (Å²) in [5.74, 6) is 0. The van der Waals surface area contributed by atoms with Gasteiger partial charge in [0.25, 0.3) is 10.0 Å². The minimum absolute atomic E-state index is 0.0545. The Bertz CT molecular complexity index is 501. The number of aromatic nitrogens is 2. The molecule has 0 aliphatic heterocycles. The topological polar surface area (TPSA) is 75.4 Å². The van der Waals surface area contributed by atoms with Crippen molar-refractivity contribution in [2.45, 2.75) is 31.2 Å². The average Bonchev–Trinajstić information content (AvgIpc) is 2.69. The number of unbranched alkanes of at least 4 members (excludes halogenated alkanes) is 2. The fourth-order valence-corrected chi connectivity index (χ4v) is 3.55. The summed E-state index contributed by atoms with van der Waals surface area (Å²) < 4.78 is 27.5. The molecule has 1 rings (SSSR count). The maximum absolute atomic E-state index is 12.4. The zero-order valence-electron chi connectivity index (χ0n) is 11.2. The highest BCUT2D eigenvalue weighted by Crippen LogP contribution is 2.22. The van der Waals surface area contributed by atoms with Crippen molar-refractivity contribution in [3.05, 3.63) is 11.5 Å². The Morgan fingerprint density at radius 3 is 2.58 bits per heavy atom. The number of imidazole rings is 1. The predicted molar refractivity (Wildman–Crippen MR) is 73.6 cm³/mol. The molecular formula is C11H20ClN3O3S. The zero-order chi connectivity index (χ0) is 14.5. The lowest BCUT2D eigenvalue weighted by Gasteiger charge is -2.20. The average molecular weight is 310 g/mol. The lowest BCUT2D eigenvalue weighted by Crippen LogP contribution is -2.35. The van der Waals surface area contributed by atoms with Gasteiger partial charge in [-0.15, -0.1) is 0 Å². The smallest absolute Gasteiger partial charge is 0.263 e. The molecule has 8 heteroatoms. The van der Waals surface area contributed by atoms with Gasteiger partial charge in [0.15, 0.2) is 0 Å². The molecule has 1 heterocycles. The Labute approximate surface area is 119 Å². The second-order valence-corrected chi connectivity index (χ2v) is 6.50. The number of nitrogens with zero attached hydrogens (tertiary/aromatic N) is 3. The van der Waals surface area contributed by atoms with Crippen molar-refractivity contribution in [3.63, 3.8) is 0 Å². The molecule has 0 aliphatic carbocycles. The van der Waals surface area contributed by atoms with Gasteiger partial charge >= 0.3 is 0 Å². The van der Waals surface area contributed by atoms with Crippen LogP contribution in [0.2, 0.25) is 5.15 Å². The van der Waals surface area contributed by atoms with Crippen LogP contribution >= 0.6 is 11.6 Å². The van der Waals surface area contributed by atoms with Crippen LogP contribution in [0, 0.1) is 0 Å². The van der Waals surface area contributed by atoms with Crippen molar-refractivity contribution in [2.75, 3.05) is 19.7 Å². The minimum Gasteiger partial charge on any atom is -0.395 e. The van der Waals surface area contributed by atoms with Gasteiger partial charge in [-0.05, 0) is 6.42 Å². The molecule has 0 amide bonds. The largest absolute Gasteiger partial charge is 0.395 e. The van der Waals surface area contributed by atoms with Gasteiger partial charge in [-0.1, -0.05) is 31.4 Å². The van der Waals surface area contributed by atoms with Crippen LogP contribution in [0.5, 0.6) is 0 Å². The summed E-state index contributed by atoms with van der Waals surface area (Å²) in [7, 11) is -2.12. The summed E-state index contributed by atoms with van der Waals surface area (Å²) in [4.78, 5) is 3.84. The monoisotopic (exact) mass is 309 g/mol. The minimum atomic E-state index is -3.74. The normalized spacial score (nSPS) is 12.3. The molecule has 0 aliphatic rings. The Kier molecular flexibility index (Phi) is 6.25. The molecule has 0 unspecified atom stereocenters. The number of aryl methyl sites for hydroxylation is 1. The van der Waals surface area contributed by atoms with E-state index in [4.69, 9.17) is 16.7 Å². The van der Waals surface area contributed by atoms with E-state index in [2.05, 4.69) is 4.98 Å². The first-order valence-electron chi connectivity index (χ1n) is 6.23. The van der Waals surface area contributed by atoms with Crippen LogP contribution in [0.1, 0.15) is 26.2 Å². The van der Waals surface area contributed by atoms with Crippen molar-refractivity contribution in [3.8, 4) is 0 Å². The lowest BCUT2D eigenvalue weighted by atomic mass is 10.2. The van der Waals surface area contributed by atoms with Crippen molar-refractivity contribution in [2.24, 2.45) is 7.05 Å². The third-order valence-electron chi connectivity index (χ3n) is 2.78. The first kappa shape index (κ1) is 16.4. The van der Waals surface area contributed by atoms with Gasteiger partial charge in [0, 0.05) is 20.1 Å². The quantitative estimate of drug-likeness (QED) is 0.733. The van der Waals surface area contributed by atoms with Crippen LogP contribution in [0.3, 0.4) is 0 Å². The second kappa shape index (κ2) is 7.23. The molecule has 0 saturated heterocycles. The Morgan fingerprint density at radius 2 is 2.11 bits per heavy atom. The number of hydrogen-bond donors (Lipinski definition) is 1. The summed E-state index contributed by atoms with van der Waals surface area (Å²) in [6.45, 7) is 2.24. The maximum Gasteiger partial charge on any atom is 0.263 e. The summed E-state index contributed by atoms with van der Waals surface area (Å²) in [5.41, 5.74) is 0. The van der Waals surface area contributed by atoms with Crippen LogP contribution in [-0.2, 0) is 17.1 Å². The third kappa shape index (κ3) is 3.92. The Balaban J connectivity index is 2.95. The van der Waals surface area contributed by atoms with Crippen LogP contribution in [0.25, 0.3) is 0 Å². The first-order chi connectivity index (χ1) is 8.95. The molecule has 0 saturated carbocycles. The standard InChI is InChI=1S/C11H20ClN3O3S/c1-3-4-5-6-15(7-8-16)19(17,18)11-10(12)14(2)9-13-11/h9,16H,3-8H2,1-2H3. The van der Waals surface area contributed by atoms with E-state index >= 15 is 0 Å². The predicted octanol–water partition coefficient (Wildman–Crippen LogP) is 1.25. The van der Waals surface area contributed by atoms with Crippen molar-refractivity contribution >= 4 is 21.6 Å². The molecule has 1 N–H and O–H groups in total. The Hall–Kier alpha value is -0.630. The van der Waals surface area contributed by atoms with Crippen molar-refractivity contribution in [1.29, 1.82) is 0 Å². The van der Waals surface area contributed by atoms with Crippen molar-refractivity contribution in [1.82, 2.24) is 13.9 Å². The zero-order valence-corrected chi connectivity index (χ0v) is 12.8. The molecule has 110 valence electrons. The van der Waals surface area contributed by atoms with Gasteiger partial charge < -0.3 is 9.67 Å². The third-order valence-corrected chi connectivity index (χ3v) is 5.17. The van der Waals surface area contributed by atoms with Gasteiger partial charge in [0.2, 0.25) is 5.03 Å². The van der Waals surface area contributed by atoms with Crippen LogP contribution in [0.4, 0.5) is 0 Å². The highest BCUT2D eigenvalue weighted by molar-refractivity contribution is 7.89. The molecule has 0 spiro atoms. The molecule has 0 radical (unpaired) electrons. The van der Waals surface area contributed by atoms with Crippen LogP contribution < -0.4 is 0 Å². The molecule has 0 aromatic carbocycles. The van der Waals surface area contributed by atoms with Gasteiger partial charge in [-0.3, -0.25) is 0 Å². The first-order valence-corrected chi connectivity index (χ1v) is 8.04. The fourth-order valence-electron chi connectivity index (χ4n) is 1.69.